The van der Waals surface area contributed by atoms with Crippen LogP contribution in [0.5, 0.6) is 5.75 Å². The smallest absolute Gasteiger partial charge is 0.344 e. The SMILES string of the molecule is CCOC(=O)COc1cc(F)c(N2CCN(c3nc4c(nnn4C)c(=O)[nH]3)CC2)c(F)c1. The van der Waals surface area contributed by atoms with E-state index in [0.717, 1.165) is 12.1 Å². The molecule has 0 saturated carbocycles. The largest absolute Gasteiger partial charge is 0.482 e. The first-order valence-corrected chi connectivity index (χ1v) is 9.94. The van der Waals surface area contributed by atoms with Crippen LogP contribution < -0.4 is 20.1 Å². The van der Waals surface area contributed by atoms with Gasteiger partial charge in [0.2, 0.25) is 5.95 Å². The summed E-state index contributed by atoms with van der Waals surface area (Å²) in [5, 5.41) is 7.57. The van der Waals surface area contributed by atoms with Crippen molar-refractivity contribution in [1.82, 2.24) is 25.0 Å². The summed E-state index contributed by atoms with van der Waals surface area (Å²) in [7, 11) is 1.63. The van der Waals surface area contributed by atoms with Crippen LogP contribution in [0.4, 0.5) is 20.4 Å². The van der Waals surface area contributed by atoms with Crippen LogP contribution in [0, 0.1) is 11.6 Å². The molecule has 0 aliphatic carbocycles. The van der Waals surface area contributed by atoms with E-state index in [9.17, 15) is 18.4 Å². The molecule has 1 saturated heterocycles. The number of aryl methyl sites for hydroxylation is 1. The fourth-order valence-corrected chi connectivity index (χ4v) is 3.48. The molecule has 1 aliphatic heterocycles. The molecule has 170 valence electrons. The number of hydrogen-bond donors (Lipinski definition) is 1. The van der Waals surface area contributed by atoms with E-state index in [1.54, 1.807) is 18.9 Å². The Hall–Kier alpha value is -3.77. The number of carbonyl (C=O) groups is 1. The van der Waals surface area contributed by atoms with Gasteiger partial charge in [0, 0.05) is 45.4 Å². The highest BCUT2D eigenvalue weighted by molar-refractivity contribution is 5.71. The van der Waals surface area contributed by atoms with Gasteiger partial charge in [0.25, 0.3) is 5.56 Å². The molecular weight excluding hydrogens is 428 g/mol. The quantitative estimate of drug-likeness (QED) is 0.540. The van der Waals surface area contributed by atoms with E-state index >= 15 is 0 Å². The Morgan fingerprint density at radius 1 is 1.16 bits per heavy atom. The van der Waals surface area contributed by atoms with E-state index in [1.807, 2.05) is 4.90 Å². The number of halogens is 2. The zero-order valence-electron chi connectivity index (χ0n) is 17.5. The molecule has 0 radical (unpaired) electrons. The first-order chi connectivity index (χ1) is 15.4. The van der Waals surface area contributed by atoms with Crippen molar-refractivity contribution < 1.29 is 23.0 Å². The molecule has 0 unspecified atom stereocenters. The van der Waals surface area contributed by atoms with Gasteiger partial charge in [0.15, 0.2) is 29.4 Å². The fourth-order valence-electron chi connectivity index (χ4n) is 3.48. The molecule has 4 rings (SSSR count). The second-order valence-electron chi connectivity index (χ2n) is 7.08. The van der Waals surface area contributed by atoms with Crippen molar-refractivity contribution in [3.63, 3.8) is 0 Å². The van der Waals surface area contributed by atoms with Gasteiger partial charge in [-0.05, 0) is 6.92 Å². The third kappa shape index (κ3) is 4.18. The number of fused-ring (bicyclic) bond motifs is 1. The number of carbonyl (C=O) groups excluding carboxylic acids is 1. The third-order valence-corrected chi connectivity index (χ3v) is 5.00. The molecule has 2 aromatic heterocycles. The lowest BCUT2D eigenvalue weighted by Gasteiger charge is -2.36. The summed E-state index contributed by atoms with van der Waals surface area (Å²) >= 11 is 0. The molecule has 3 heterocycles. The first kappa shape index (κ1) is 21.5. The summed E-state index contributed by atoms with van der Waals surface area (Å²) in [5.74, 6) is -1.98. The van der Waals surface area contributed by atoms with Crippen LogP contribution in [0.15, 0.2) is 16.9 Å². The minimum Gasteiger partial charge on any atom is -0.482 e. The molecule has 13 heteroatoms. The van der Waals surface area contributed by atoms with Gasteiger partial charge in [-0.2, -0.15) is 4.98 Å². The fraction of sp³-hybridized carbons (Fsp3) is 0.421. The van der Waals surface area contributed by atoms with Crippen LogP contribution in [-0.2, 0) is 16.6 Å². The Morgan fingerprint density at radius 3 is 2.47 bits per heavy atom. The van der Waals surface area contributed by atoms with Crippen molar-refractivity contribution in [3.05, 3.63) is 34.1 Å². The predicted molar refractivity (Wildman–Crippen MR) is 110 cm³/mol. The van der Waals surface area contributed by atoms with E-state index in [-0.39, 0.29) is 23.6 Å². The summed E-state index contributed by atoms with van der Waals surface area (Å²) in [6, 6.07) is 2.07. The molecule has 0 atom stereocenters. The Labute approximate surface area is 180 Å². The van der Waals surface area contributed by atoms with Gasteiger partial charge in [-0.25, -0.2) is 18.3 Å². The average molecular weight is 449 g/mol. The van der Waals surface area contributed by atoms with Gasteiger partial charge < -0.3 is 19.3 Å². The third-order valence-electron chi connectivity index (χ3n) is 5.00. The molecule has 0 amide bonds. The lowest BCUT2D eigenvalue weighted by atomic mass is 10.2. The minimum atomic E-state index is -0.800. The van der Waals surface area contributed by atoms with Crippen molar-refractivity contribution in [1.29, 1.82) is 0 Å². The monoisotopic (exact) mass is 449 g/mol. The first-order valence-electron chi connectivity index (χ1n) is 9.94. The maximum Gasteiger partial charge on any atom is 0.344 e. The molecule has 1 N–H and O–H groups in total. The number of aromatic nitrogens is 5. The van der Waals surface area contributed by atoms with Gasteiger partial charge in [-0.1, -0.05) is 5.21 Å². The summed E-state index contributed by atoms with van der Waals surface area (Å²) < 4.78 is 40.6. The van der Waals surface area contributed by atoms with Gasteiger partial charge in [0.05, 0.1) is 6.61 Å². The molecule has 0 bridgehead atoms. The Bertz CT molecular complexity index is 1180. The highest BCUT2D eigenvalue weighted by Crippen LogP contribution is 2.29. The van der Waals surface area contributed by atoms with Crippen molar-refractivity contribution in [2.75, 3.05) is 49.2 Å². The molecule has 3 aromatic rings. The Kier molecular flexibility index (Phi) is 5.88. The highest BCUT2D eigenvalue weighted by Gasteiger charge is 2.25. The number of ether oxygens (including phenoxy) is 2. The molecule has 1 aromatic carbocycles. The molecular formula is C19H21F2N7O4. The Morgan fingerprint density at radius 2 is 1.81 bits per heavy atom. The van der Waals surface area contributed by atoms with Crippen LogP contribution >= 0.6 is 0 Å². The van der Waals surface area contributed by atoms with Crippen LogP contribution in [0.25, 0.3) is 11.2 Å². The van der Waals surface area contributed by atoms with Crippen molar-refractivity contribution >= 4 is 28.8 Å². The molecule has 1 fully saturated rings. The lowest BCUT2D eigenvalue weighted by molar-refractivity contribution is -0.145. The van der Waals surface area contributed by atoms with E-state index in [0.29, 0.717) is 37.8 Å². The Balaban J connectivity index is 1.45. The minimum absolute atomic E-state index is 0.102. The molecule has 0 spiro atoms. The van der Waals surface area contributed by atoms with Crippen LogP contribution in [0.2, 0.25) is 0 Å². The highest BCUT2D eigenvalue weighted by atomic mass is 19.1. The van der Waals surface area contributed by atoms with Crippen LogP contribution in [-0.4, -0.2) is 70.3 Å². The summed E-state index contributed by atoms with van der Waals surface area (Å²) in [6.45, 7) is 2.73. The maximum atomic E-state index is 14.7. The number of hydrogen-bond acceptors (Lipinski definition) is 9. The second-order valence-corrected chi connectivity index (χ2v) is 7.08. The van der Waals surface area contributed by atoms with Crippen LogP contribution in [0.1, 0.15) is 6.92 Å². The van der Waals surface area contributed by atoms with Gasteiger partial charge in [-0.3, -0.25) is 9.78 Å². The molecule has 32 heavy (non-hydrogen) atoms. The van der Waals surface area contributed by atoms with Gasteiger partial charge in [0.1, 0.15) is 11.4 Å². The topological polar surface area (TPSA) is 118 Å². The zero-order valence-corrected chi connectivity index (χ0v) is 17.5. The number of rotatable bonds is 6. The number of piperazine rings is 1. The predicted octanol–water partition coefficient (Wildman–Crippen LogP) is 0.598. The number of nitrogens with zero attached hydrogens (tertiary/aromatic N) is 6. The zero-order chi connectivity index (χ0) is 22.8. The number of H-pyrrole nitrogens is 1. The number of esters is 1. The van der Waals surface area contributed by atoms with E-state index in [2.05, 4.69) is 20.3 Å². The van der Waals surface area contributed by atoms with E-state index < -0.39 is 29.8 Å². The normalized spacial score (nSPS) is 14.1. The summed E-state index contributed by atoms with van der Waals surface area (Å²) in [6.07, 6.45) is 0. The van der Waals surface area contributed by atoms with Crippen molar-refractivity contribution in [3.8, 4) is 5.75 Å². The standard InChI is InChI=1S/C19H21F2N7O4/c1-3-31-14(29)10-32-11-8-12(20)16(13(21)9-11)27-4-6-28(7-5-27)19-22-17-15(18(30)23-19)24-25-26(17)2/h8-9H,3-7,10H2,1-2H3,(H,22,23,30). The van der Waals surface area contributed by atoms with E-state index in [1.165, 1.54) is 4.68 Å². The second kappa shape index (κ2) is 8.77. The summed E-state index contributed by atoms with van der Waals surface area (Å²) in [4.78, 5) is 34.0. The number of nitrogens with one attached hydrogen (secondary N) is 1. The van der Waals surface area contributed by atoms with Gasteiger partial charge in [-0.15, -0.1) is 5.10 Å². The molecule has 11 nitrogen and oxygen atoms in total. The number of aromatic amines is 1. The van der Waals surface area contributed by atoms with Crippen molar-refractivity contribution in [2.45, 2.75) is 6.92 Å². The lowest BCUT2D eigenvalue weighted by Crippen LogP contribution is -2.48. The summed E-state index contributed by atoms with van der Waals surface area (Å²) in [5.41, 5.74) is -0.0946. The van der Waals surface area contributed by atoms with Gasteiger partial charge >= 0.3 is 5.97 Å². The number of anilines is 2. The van der Waals surface area contributed by atoms with Crippen molar-refractivity contribution in [2.24, 2.45) is 7.05 Å². The average Bonchev–Trinajstić information content (AvgIpc) is 3.14. The molecule has 1 aliphatic rings. The van der Waals surface area contributed by atoms with Crippen LogP contribution in [0.3, 0.4) is 0 Å². The number of benzene rings is 1. The van der Waals surface area contributed by atoms with E-state index in [4.69, 9.17) is 9.47 Å². The maximum absolute atomic E-state index is 14.7.